The van der Waals surface area contributed by atoms with Crippen LogP contribution in [-0.2, 0) is 9.53 Å². The van der Waals surface area contributed by atoms with Gasteiger partial charge in [-0.1, -0.05) is 20.3 Å². The number of urea groups is 1. The first kappa shape index (κ1) is 12.0. The van der Waals surface area contributed by atoms with Crippen LogP contribution in [0.5, 0.6) is 0 Å². The van der Waals surface area contributed by atoms with Crippen molar-refractivity contribution in [3.63, 3.8) is 0 Å². The maximum Gasteiger partial charge on any atom is 0.325 e. The Kier molecular flexibility index (Phi) is 2.62. The van der Waals surface area contributed by atoms with Crippen LogP contribution in [-0.4, -0.2) is 41.6 Å². The van der Waals surface area contributed by atoms with E-state index < -0.39 is 5.54 Å². The Bertz CT molecular complexity index is 382. The highest BCUT2D eigenvalue weighted by Crippen LogP contribution is 2.42. The lowest BCUT2D eigenvalue weighted by Gasteiger charge is -2.42. The molecular weight excluding hydrogens is 232 g/mol. The number of carbonyl (C=O) groups excluding carboxylic acids is 2. The zero-order valence-electron chi connectivity index (χ0n) is 10.9. The first-order chi connectivity index (χ1) is 8.55. The monoisotopic (exact) mass is 252 g/mol. The topological polar surface area (TPSA) is 61.9 Å². The van der Waals surface area contributed by atoms with E-state index in [2.05, 4.69) is 19.2 Å². The predicted octanol–water partition coefficient (Wildman–Crippen LogP) is 1.13. The molecule has 0 aromatic carbocycles. The number of epoxide rings is 1. The Balaban J connectivity index is 1.87. The molecule has 5 heteroatoms. The summed E-state index contributed by atoms with van der Waals surface area (Å²) in [6.45, 7) is 5.22. The lowest BCUT2D eigenvalue weighted by molar-refractivity contribution is -0.136. The van der Waals surface area contributed by atoms with Gasteiger partial charge in [0, 0.05) is 0 Å². The van der Waals surface area contributed by atoms with Crippen LogP contribution in [0.25, 0.3) is 0 Å². The minimum Gasteiger partial charge on any atom is -0.371 e. The molecule has 3 atom stereocenters. The summed E-state index contributed by atoms with van der Waals surface area (Å²) in [6, 6.07) is -0.240. The van der Waals surface area contributed by atoms with E-state index in [1.807, 2.05) is 0 Å². The molecule has 0 aromatic heterocycles. The third kappa shape index (κ3) is 1.56. The molecule has 2 aliphatic heterocycles. The molecule has 0 radical (unpaired) electrons. The first-order valence-corrected chi connectivity index (χ1v) is 6.81. The summed E-state index contributed by atoms with van der Waals surface area (Å²) in [7, 11) is 0. The van der Waals surface area contributed by atoms with Crippen molar-refractivity contribution in [3.05, 3.63) is 0 Å². The molecule has 5 nitrogen and oxygen atoms in total. The fraction of sp³-hybridized carbons (Fsp3) is 0.846. The van der Waals surface area contributed by atoms with Crippen molar-refractivity contribution in [2.24, 2.45) is 11.8 Å². The Labute approximate surface area is 107 Å². The van der Waals surface area contributed by atoms with Gasteiger partial charge in [0.2, 0.25) is 0 Å². The van der Waals surface area contributed by atoms with Crippen molar-refractivity contribution in [1.29, 1.82) is 0 Å². The van der Waals surface area contributed by atoms with Crippen molar-refractivity contribution in [1.82, 2.24) is 10.2 Å². The molecule has 3 unspecified atom stereocenters. The van der Waals surface area contributed by atoms with Gasteiger partial charge in [0.1, 0.15) is 5.54 Å². The van der Waals surface area contributed by atoms with Crippen molar-refractivity contribution in [3.8, 4) is 0 Å². The summed E-state index contributed by atoms with van der Waals surface area (Å²) in [5.41, 5.74) is -0.662. The maximum absolute atomic E-state index is 12.7. The summed E-state index contributed by atoms with van der Waals surface area (Å²) >= 11 is 0. The van der Waals surface area contributed by atoms with Gasteiger partial charge >= 0.3 is 6.03 Å². The van der Waals surface area contributed by atoms with Gasteiger partial charge in [-0.2, -0.15) is 0 Å². The minimum atomic E-state index is -0.662. The molecular formula is C13H20N2O3. The Morgan fingerprint density at radius 1 is 1.33 bits per heavy atom. The molecule has 2 saturated heterocycles. The van der Waals surface area contributed by atoms with Crippen LogP contribution in [0.3, 0.4) is 0 Å². The van der Waals surface area contributed by atoms with Crippen LogP contribution in [0.15, 0.2) is 0 Å². The number of nitrogens with zero attached hydrogens (tertiary/aromatic N) is 1. The number of carbonyl (C=O) groups is 2. The highest BCUT2D eigenvalue weighted by atomic mass is 16.6. The van der Waals surface area contributed by atoms with Gasteiger partial charge in [-0.15, -0.1) is 0 Å². The van der Waals surface area contributed by atoms with E-state index in [-0.39, 0.29) is 29.9 Å². The van der Waals surface area contributed by atoms with Crippen LogP contribution >= 0.6 is 0 Å². The van der Waals surface area contributed by atoms with Crippen molar-refractivity contribution in [2.45, 2.75) is 44.8 Å². The van der Waals surface area contributed by atoms with E-state index in [4.69, 9.17) is 4.74 Å². The molecule has 3 fully saturated rings. The van der Waals surface area contributed by atoms with Gasteiger partial charge in [0.15, 0.2) is 0 Å². The average Bonchev–Trinajstić information content (AvgIpc) is 3.10. The van der Waals surface area contributed by atoms with Gasteiger partial charge in [0.25, 0.3) is 5.91 Å². The minimum absolute atomic E-state index is 0.0392. The quantitative estimate of drug-likeness (QED) is 0.592. The number of imide groups is 1. The molecule has 0 bridgehead atoms. The maximum atomic E-state index is 12.7. The SMILES string of the molecule is CC1CCCC(C)C12NC(=O)N(CC1CO1)C2=O. The standard InChI is InChI=1S/C13H20N2O3/c1-8-4-3-5-9(2)13(8)11(16)15(12(17)14-13)6-10-7-18-10/h8-10H,3-7H2,1-2H3,(H,14,17). The Morgan fingerprint density at radius 2 is 1.94 bits per heavy atom. The summed E-state index contributed by atoms with van der Waals surface area (Å²) in [4.78, 5) is 26.1. The molecule has 3 rings (SSSR count). The molecule has 3 amide bonds. The van der Waals surface area contributed by atoms with Gasteiger partial charge in [0.05, 0.1) is 19.3 Å². The largest absolute Gasteiger partial charge is 0.371 e. The molecule has 0 aromatic rings. The Hall–Kier alpha value is -1.10. The van der Waals surface area contributed by atoms with Crippen molar-refractivity contribution < 1.29 is 14.3 Å². The van der Waals surface area contributed by atoms with E-state index in [0.717, 1.165) is 19.3 Å². The zero-order valence-corrected chi connectivity index (χ0v) is 10.9. The molecule has 1 N–H and O–H groups in total. The van der Waals surface area contributed by atoms with Gasteiger partial charge in [-0.3, -0.25) is 9.69 Å². The fourth-order valence-electron chi connectivity index (χ4n) is 3.50. The predicted molar refractivity (Wildman–Crippen MR) is 64.9 cm³/mol. The average molecular weight is 252 g/mol. The number of ether oxygens (including phenoxy) is 1. The van der Waals surface area contributed by atoms with E-state index in [0.29, 0.717) is 13.2 Å². The second kappa shape index (κ2) is 3.95. The lowest BCUT2D eigenvalue weighted by Crippen LogP contribution is -2.58. The molecule has 100 valence electrons. The summed E-state index contributed by atoms with van der Waals surface area (Å²) in [5.74, 6) is 0.383. The number of hydrogen-bond acceptors (Lipinski definition) is 3. The van der Waals surface area contributed by atoms with E-state index in [1.54, 1.807) is 0 Å². The van der Waals surface area contributed by atoms with E-state index >= 15 is 0 Å². The van der Waals surface area contributed by atoms with Crippen LogP contribution in [0, 0.1) is 11.8 Å². The second-order valence-electron chi connectivity index (χ2n) is 5.90. The number of nitrogens with one attached hydrogen (secondary N) is 1. The lowest BCUT2D eigenvalue weighted by atomic mass is 9.67. The molecule has 1 spiro atoms. The third-order valence-corrected chi connectivity index (χ3v) is 4.78. The third-order valence-electron chi connectivity index (χ3n) is 4.78. The molecule has 1 aliphatic carbocycles. The van der Waals surface area contributed by atoms with Gasteiger partial charge in [-0.25, -0.2) is 4.79 Å². The summed E-state index contributed by atoms with van der Waals surface area (Å²) in [5, 5.41) is 2.98. The first-order valence-electron chi connectivity index (χ1n) is 6.81. The van der Waals surface area contributed by atoms with Crippen LogP contribution in [0.2, 0.25) is 0 Å². The van der Waals surface area contributed by atoms with E-state index in [9.17, 15) is 9.59 Å². The van der Waals surface area contributed by atoms with Crippen molar-refractivity contribution >= 4 is 11.9 Å². The summed E-state index contributed by atoms with van der Waals surface area (Å²) < 4.78 is 5.12. The Morgan fingerprint density at radius 3 is 2.50 bits per heavy atom. The highest BCUT2D eigenvalue weighted by Gasteiger charge is 2.58. The van der Waals surface area contributed by atoms with Crippen LogP contribution < -0.4 is 5.32 Å². The summed E-state index contributed by atoms with van der Waals surface area (Å²) in [6.07, 6.45) is 3.21. The van der Waals surface area contributed by atoms with Gasteiger partial charge in [-0.05, 0) is 24.7 Å². The van der Waals surface area contributed by atoms with E-state index in [1.165, 1.54) is 4.90 Å². The highest BCUT2D eigenvalue weighted by molar-refractivity contribution is 6.07. The zero-order chi connectivity index (χ0) is 12.9. The molecule has 3 aliphatic rings. The van der Waals surface area contributed by atoms with Gasteiger partial charge < -0.3 is 10.1 Å². The smallest absolute Gasteiger partial charge is 0.325 e. The fourth-order valence-corrected chi connectivity index (χ4v) is 3.50. The molecule has 2 heterocycles. The molecule has 18 heavy (non-hydrogen) atoms. The molecule has 1 saturated carbocycles. The number of rotatable bonds is 2. The van der Waals surface area contributed by atoms with Crippen LogP contribution in [0.1, 0.15) is 33.1 Å². The second-order valence-corrected chi connectivity index (χ2v) is 5.90. The number of amides is 3. The normalized spacial score (nSPS) is 43.4. The van der Waals surface area contributed by atoms with Crippen molar-refractivity contribution in [2.75, 3.05) is 13.2 Å². The number of hydrogen-bond donors (Lipinski definition) is 1. The van der Waals surface area contributed by atoms with Crippen LogP contribution in [0.4, 0.5) is 4.79 Å².